The third kappa shape index (κ3) is 7.50. The maximum Gasteiger partial charge on any atom is 0.271 e. The number of rotatable bonds is 12. The molecular formula is C27H26BrClN2O5. The molecule has 3 aromatic rings. The van der Waals surface area contributed by atoms with Crippen LogP contribution in [-0.4, -0.2) is 32.4 Å². The zero-order valence-electron chi connectivity index (χ0n) is 19.9. The Bertz CT molecular complexity index is 1230. The average Bonchev–Trinajstić information content (AvgIpc) is 2.88. The van der Waals surface area contributed by atoms with E-state index in [9.17, 15) is 4.79 Å². The minimum atomic E-state index is -0.396. The number of hydrazone groups is 1. The Morgan fingerprint density at radius 2 is 1.83 bits per heavy atom. The van der Waals surface area contributed by atoms with Gasteiger partial charge in [0.15, 0.2) is 23.0 Å². The van der Waals surface area contributed by atoms with Crippen molar-refractivity contribution in [3.63, 3.8) is 0 Å². The first-order valence-corrected chi connectivity index (χ1v) is 12.2. The van der Waals surface area contributed by atoms with E-state index in [1.54, 1.807) is 30.3 Å². The highest BCUT2D eigenvalue weighted by atomic mass is 79.9. The van der Waals surface area contributed by atoms with Gasteiger partial charge in [0.2, 0.25) is 0 Å². The van der Waals surface area contributed by atoms with Crippen molar-refractivity contribution in [3.8, 4) is 23.0 Å². The fourth-order valence-electron chi connectivity index (χ4n) is 3.11. The summed E-state index contributed by atoms with van der Waals surface area (Å²) in [5.74, 6) is 1.68. The smallest absolute Gasteiger partial charge is 0.271 e. The molecule has 0 heterocycles. The molecular weight excluding hydrogens is 548 g/mol. The summed E-state index contributed by atoms with van der Waals surface area (Å²) >= 11 is 9.49. The molecule has 0 aromatic heterocycles. The number of carbonyl (C=O) groups is 1. The molecule has 1 N–H and O–H groups in total. The minimum Gasteiger partial charge on any atom is -0.493 e. The first-order valence-electron chi connectivity index (χ1n) is 11.0. The van der Waals surface area contributed by atoms with Crippen LogP contribution < -0.4 is 24.4 Å². The summed E-state index contributed by atoms with van der Waals surface area (Å²) in [6.45, 7) is 6.64. The maximum atomic E-state index is 12.6. The van der Waals surface area contributed by atoms with Crippen LogP contribution in [-0.2, 0) is 6.61 Å². The molecule has 0 saturated heterocycles. The summed E-state index contributed by atoms with van der Waals surface area (Å²) in [4.78, 5) is 12.6. The average molecular weight is 574 g/mol. The number of carbonyl (C=O) groups excluding carboxylic acids is 1. The van der Waals surface area contributed by atoms with E-state index in [2.05, 4.69) is 33.0 Å². The first-order chi connectivity index (χ1) is 17.4. The van der Waals surface area contributed by atoms with Gasteiger partial charge in [-0.15, -0.1) is 0 Å². The maximum absolute atomic E-state index is 12.6. The lowest BCUT2D eigenvalue weighted by Crippen LogP contribution is -2.17. The first kappa shape index (κ1) is 27.1. The van der Waals surface area contributed by atoms with Gasteiger partial charge in [0.05, 0.1) is 24.4 Å². The summed E-state index contributed by atoms with van der Waals surface area (Å²) < 4.78 is 23.3. The zero-order valence-corrected chi connectivity index (χ0v) is 22.3. The largest absolute Gasteiger partial charge is 0.493 e. The van der Waals surface area contributed by atoms with Crippen LogP contribution >= 0.6 is 27.5 Å². The van der Waals surface area contributed by atoms with Crippen molar-refractivity contribution in [2.24, 2.45) is 5.10 Å². The summed E-state index contributed by atoms with van der Waals surface area (Å²) in [5, 5.41) is 4.75. The van der Waals surface area contributed by atoms with E-state index in [1.807, 2.05) is 37.3 Å². The van der Waals surface area contributed by atoms with Crippen LogP contribution in [0.2, 0.25) is 5.02 Å². The van der Waals surface area contributed by atoms with Crippen molar-refractivity contribution in [2.45, 2.75) is 13.5 Å². The van der Waals surface area contributed by atoms with Crippen LogP contribution in [0.5, 0.6) is 23.0 Å². The topological polar surface area (TPSA) is 78.4 Å². The number of nitrogens with zero attached hydrogens (tertiary/aromatic N) is 1. The van der Waals surface area contributed by atoms with E-state index in [0.29, 0.717) is 63.4 Å². The molecule has 0 aliphatic heterocycles. The molecule has 0 unspecified atom stereocenters. The summed E-state index contributed by atoms with van der Waals surface area (Å²) in [6.07, 6.45) is 3.15. The molecule has 9 heteroatoms. The number of benzene rings is 3. The predicted molar refractivity (Wildman–Crippen MR) is 145 cm³/mol. The SMILES string of the molecule is C=CCOc1ccc(C(=O)N/N=C/c2cc(Br)c(OCc3ccc(Cl)cc3)c(OCC)c2)cc1OC. The molecule has 0 spiro atoms. The molecule has 7 nitrogen and oxygen atoms in total. The van der Waals surface area contributed by atoms with Gasteiger partial charge in [-0.05, 0) is 76.4 Å². The Hall–Kier alpha value is -3.49. The Morgan fingerprint density at radius 1 is 1.06 bits per heavy atom. The quantitative estimate of drug-likeness (QED) is 0.154. The zero-order chi connectivity index (χ0) is 25.9. The van der Waals surface area contributed by atoms with Gasteiger partial charge in [-0.2, -0.15) is 5.10 Å². The van der Waals surface area contributed by atoms with Crippen LogP contribution in [0.1, 0.15) is 28.4 Å². The van der Waals surface area contributed by atoms with Gasteiger partial charge >= 0.3 is 0 Å². The van der Waals surface area contributed by atoms with Crippen molar-refractivity contribution in [1.82, 2.24) is 5.43 Å². The summed E-state index contributed by atoms with van der Waals surface area (Å²) in [6, 6.07) is 15.9. The molecule has 3 aromatic carbocycles. The van der Waals surface area contributed by atoms with Gasteiger partial charge < -0.3 is 18.9 Å². The van der Waals surface area contributed by atoms with Crippen LogP contribution in [0.15, 0.2) is 76.8 Å². The van der Waals surface area contributed by atoms with E-state index in [0.717, 1.165) is 5.56 Å². The summed E-state index contributed by atoms with van der Waals surface area (Å²) in [5.41, 5.74) is 4.57. The standard InChI is InChI=1S/C27H26BrClN2O5/c1-4-12-35-23-11-8-20(15-24(23)33-3)27(32)31-30-16-19-13-22(28)26(25(14-19)34-5-2)36-17-18-6-9-21(29)10-7-18/h4,6-11,13-16H,1,5,12,17H2,2-3H3,(H,31,32)/b30-16+. The monoisotopic (exact) mass is 572 g/mol. The molecule has 0 bridgehead atoms. The van der Waals surface area contributed by atoms with Crippen molar-refractivity contribution in [1.29, 1.82) is 0 Å². The lowest BCUT2D eigenvalue weighted by Gasteiger charge is -2.14. The number of halogens is 2. The molecule has 0 aliphatic carbocycles. The fourth-order valence-corrected chi connectivity index (χ4v) is 3.81. The normalized spacial score (nSPS) is 10.7. The predicted octanol–water partition coefficient (Wildman–Crippen LogP) is 6.42. The van der Waals surface area contributed by atoms with Gasteiger partial charge in [0.1, 0.15) is 13.2 Å². The number of hydrogen-bond donors (Lipinski definition) is 1. The molecule has 0 radical (unpaired) electrons. The molecule has 0 fully saturated rings. The Kier molecular flexibility index (Phi) is 10.2. The van der Waals surface area contributed by atoms with E-state index in [-0.39, 0.29) is 0 Å². The van der Waals surface area contributed by atoms with Crippen molar-refractivity contribution < 1.29 is 23.7 Å². The molecule has 0 aliphatic rings. The van der Waals surface area contributed by atoms with Crippen molar-refractivity contribution in [2.75, 3.05) is 20.3 Å². The lowest BCUT2D eigenvalue weighted by atomic mass is 10.2. The second-order valence-electron chi connectivity index (χ2n) is 7.34. The van der Waals surface area contributed by atoms with E-state index >= 15 is 0 Å². The summed E-state index contributed by atoms with van der Waals surface area (Å²) in [7, 11) is 1.51. The number of amides is 1. The molecule has 188 valence electrons. The molecule has 3 rings (SSSR count). The van der Waals surface area contributed by atoms with Gasteiger partial charge in [0.25, 0.3) is 5.91 Å². The Balaban J connectivity index is 1.70. The highest BCUT2D eigenvalue weighted by molar-refractivity contribution is 9.10. The Morgan fingerprint density at radius 3 is 2.53 bits per heavy atom. The third-order valence-corrected chi connectivity index (χ3v) is 5.63. The fraction of sp³-hybridized carbons (Fsp3) is 0.185. The van der Waals surface area contributed by atoms with Crippen molar-refractivity contribution >= 4 is 39.7 Å². The highest BCUT2D eigenvalue weighted by Gasteiger charge is 2.13. The van der Waals surface area contributed by atoms with Crippen molar-refractivity contribution in [3.05, 3.63) is 93.4 Å². The minimum absolute atomic E-state index is 0.330. The van der Waals surface area contributed by atoms with Gasteiger partial charge in [-0.25, -0.2) is 5.43 Å². The van der Waals surface area contributed by atoms with Crippen LogP contribution in [0.3, 0.4) is 0 Å². The van der Waals surface area contributed by atoms with E-state index in [1.165, 1.54) is 13.3 Å². The second-order valence-corrected chi connectivity index (χ2v) is 8.63. The van der Waals surface area contributed by atoms with Gasteiger partial charge in [0, 0.05) is 10.6 Å². The van der Waals surface area contributed by atoms with E-state index < -0.39 is 5.91 Å². The second kappa shape index (κ2) is 13.6. The lowest BCUT2D eigenvalue weighted by molar-refractivity contribution is 0.0954. The molecule has 0 atom stereocenters. The van der Waals surface area contributed by atoms with Crippen LogP contribution in [0, 0.1) is 0 Å². The Labute approximate surface area is 223 Å². The van der Waals surface area contributed by atoms with Gasteiger partial charge in [-0.1, -0.05) is 36.4 Å². The number of hydrogen-bond acceptors (Lipinski definition) is 6. The third-order valence-electron chi connectivity index (χ3n) is 4.79. The van der Waals surface area contributed by atoms with E-state index in [4.69, 9.17) is 30.5 Å². The van der Waals surface area contributed by atoms with Crippen LogP contribution in [0.4, 0.5) is 0 Å². The number of ether oxygens (including phenoxy) is 4. The number of nitrogens with one attached hydrogen (secondary N) is 1. The molecule has 1 amide bonds. The highest BCUT2D eigenvalue weighted by Crippen LogP contribution is 2.37. The van der Waals surface area contributed by atoms with Crippen LogP contribution in [0.25, 0.3) is 0 Å². The number of methoxy groups -OCH3 is 1. The molecule has 0 saturated carbocycles. The molecule has 36 heavy (non-hydrogen) atoms. The van der Waals surface area contributed by atoms with Gasteiger partial charge in [-0.3, -0.25) is 4.79 Å².